The van der Waals surface area contributed by atoms with E-state index in [1.165, 1.54) is 0 Å². The molecule has 0 aliphatic carbocycles. The summed E-state index contributed by atoms with van der Waals surface area (Å²) in [5, 5.41) is 2.91. The predicted molar refractivity (Wildman–Crippen MR) is 106 cm³/mol. The molecule has 0 radical (unpaired) electrons. The summed E-state index contributed by atoms with van der Waals surface area (Å²) in [6.07, 6.45) is 1.92. The van der Waals surface area contributed by atoms with E-state index in [-0.39, 0.29) is 24.3 Å². The molecular weight excluding hydrogens is 358 g/mol. The fraction of sp³-hybridized carbons (Fsp3) is 0.619. The van der Waals surface area contributed by atoms with Crippen LogP contribution in [0.1, 0.15) is 31.7 Å². The van der Waals surface area contributed by atoms with Crippen LogP contribution in [-0.4, -0.2) is 73.7 Å². The number of rotatable bonds is 7. The molecule has 2 saturated heterocycles. The molecule has 2 heterocycles. The maximum absolute atomic E-state index is 12.8. The van der Waals surface area contributed by atoms with Gasteiger partial charge in [-0.1, -0.05) is 12.1 Å². The van der Waals surface area contributed by atoms with Crippen molar-refractivity contribution in [1.82, 2.24) is 15.1 Å². The van der Waals surface area contributed by atoms with Crippen molar-refractivity contribution >= 4 is 11.8 Å². The van der Waals surface area contributed by atoms with Crippen molar-refractivity contribution < 1.29 is 19.1 Å². The summed E-state index contributed by atoms with van der Waals surface area (Å²) in [7, 11) is 1.84. The van der Waals surface area contributed by atoms with Gasteiger partial charge in [0.15, 0.2) is 0 Å². The first-order valence-electron chi connectivity index (χ1n) is 10.2. The molecule has 2 aliphatic rings. The fourth-order valence-electron chi connectivity index (χ4n) is 3.85. The highest BCUT2D eigenvalue weighted by atomic mass is 16.5. The fourth-order valence-corrected chi connectivity index (χ4v) is 3.85. The third-order valence-corrected chi connectivity index (χ3v) is 5.56. The lowest BCUT2D eigenvalue weighted by Gasteiger charge is -2.37. The summed E-state index contributed by atoms with van der Waals surface area (Å²) in [6.45, 7) is 5.95. The van der Waals surface area contributed by atoms with Gasteiger partial charge in [0.25, 0.3) is 0 Å². The van der Waals surface area contributed by atoms with Gasteiger partial charge >= 0.3 is 0 Å². The van der Waals surface area contributed by atoms with Crippen molar-refractivity contribution in [1.29, 1.82) is 0 Å². The Hall–Kier alpha value is -2.12. The van der Waals surface area contributed by atoms with Crippen LogP contribution >= 0.6 is 0 Å². The second-order valence-corrected chi connectivity index (χ2v) is 7.41. The third kappa shape index (κ3) is 5.23. The smallest absolute Gasteiger partial charge is 0.237 e. The Morgan fingerprint density at radius 2 is 2.00 bits per heavy atom. The Morgan fingerprint density at radius 3 is 2.68 bits per heavy atom. The lowest BCUT2D eigenvalue weighted by molar-refractivity contribution is -0.140. The number of benzene rings is 1. The molecular formula is C21H31N3O4. The molecule has 1 aromatic carbocycles. The average molecular weight is 389 g/mol. The molecule has 2 fully saturated rings. The minimum absolute atomic E-state index is 0.0191. The van der Waals surface area contributed by atoms with E-state index >= 15 is 0 Å². The van der Waals surface area contributed by atoms with E-state index in [0.29, 0.717) is 32.9 Å². The number of carbonyl (C=O) groups excluding carboxylic acids is 2. The van der Waals surface area contributed by atoms with Crippen molar-refractivity contribution in [3.63, 3.8) is 0 Å². The molecule has 28 heavy (non-hydrogen) atoms. The number of amides is 2. The molecule has 7 nitrogen and oxygen atoms in total. The molecule has 7 heteroatoms. The molecule has 0 bridgehead atoms. The minimum Gasteiger partial charge on any atom is -0.494 e. The van der Waals surface area contributed by atoms with Gasteiger partial charge in [0.2, 0.25) is 11.8 Å². The molecule has 0 aromatic heterocycles. The Balaban J connectivity index is 1.62. The standard InChI is InChI=1S/C21H31N3O4/c1-3-28-18-6-4-16(5-7-18)15-24-11-10-22-21(26)19(24)14-20(25)23(2)17-8-12-27-13-9-17/h4-7,17,19H,3,8-15H2,1-2H3,(H,22,26). The number of nitrogens with zero attached hydrogens (tertiary/aromatic N) is 2. The van der Waals surface area contributed by atoms with Crippen molar-refractivity contribution in [3.8, 4) is 5.75 Å². The lowest BCUT2D eigenvalue weighted by Crippen LogP contribution is -2.56. The normalized spacial score (nSPS) is 21.2. The van der Waals surface area contributed by atoms with Gasteiger partial charge in [-0.15, -0.1) is 0 Å². The van der Waals surface area contributed by atoms with Crippen molar-refractivity contribution in [2.75, 3.05) is 40.0 Å². The number of piperazine rings is 1. The van der Waals surface area contributed by atoms with Crippen LogP contribution in [0.15, 0.2) is 24.3 Å². The summed E-state index contributed by atoms with van der Waals surface area (Å²) in [5.74, 6) is 0.795. The van der Waals surface area contributed by atoms with E-state index in [9.17, 15) is 9.59 Å². The van der Waals surface area contributed by atoms with Gasteiger partial charge in [0, 0.05) is 45.9 Å². The van der Waals surface area contributed by atoms with Crippen LogP contribution in [0, 0.1) is 0 Å². The SMILES string of the molecule is CCOc1ccc(CN2CCNC(=O)C2CC(=O)N(C)C2CCOCC2)cc1. The molecule has 2 aliphatic heterocycles. The second kappa shape index (κ2) is 9.89. The lowest BCUT2D eigenvalue weighted by atomic mass is 10.0. The van der Waals surface area contributed by atoms with E-state index in [2.05, 4.69) is 10.2 Å². The van der Waals surface area contributed by atoms with Gasteiger partial charge < -0.3 is 19.7 Å². The molecule has 1 unspecified atom stereocenters. The number of ether oxygens (including phenoxy) is 2. The Kier molecular flexibility index (Phi) is 7.28. The van der Waals surface area contributed by atoms with Gasteiger partial charge in [0.05, 0.1) is 19.1 Å². The van der Waals surface area contributed by atoms with E-state index in [4.69, 9.17) is 9.47 Å². The van der Waals surface area contributed by atoms with E-state index in [1.54, 1.807) is 4.90 Å². The summed E-state index contributed by atoms with van der Waals surface area (Å²) >= 11 is 0. The largest absolute Gasteiger partial charge is 0.494 e. The van der Waals surface area contributed by atoms with E-state index < -0.39 is 6.04 Å². The highest BCUT2D eigenvalue weighted by Gasteiger charge is 2.33. The Labute approximate surface area is 167 Å². The molecule has 1 N–H and O–H groups in total. The monoisotopic (exact) mass is 389 g/mol. The van der Waals surface area contributed by atoms with Gasteiger partial charge in [0.1, 0.15) is 5.75 Å². The van der Waals surface area contributed by atoms with Gasteiger partial charge in [-0.25, -0.2) is 0 Å². The first-order chi connectivity index (χ1) is 13.6. The number of carbonyl (C=O) groups is 2. The molecule has 1 atom stereocenters. The van der Waals surface area contributed by atoms with Gasteiger partial charge in [-0.05, 0) is 37.5 Å². The molecule has 0 saturated carbocycles. The van der Waals surface area contributed by atoms with Crippen LogP contribution in [0.5, 0.6) is 5.75 Å². The Bertz CT molecular complexity index is 658. The van der Waals surface area contributed by atoms with Crippen LogP contribution in [0.2, 0.25) is 0 Å². The maximum atomic E-state index is 12.8. The summed E-state index contributed by atoms with van der Waals surface area (Å²) in [4.78, 5) is 29.2. The predicted octanol–water partition coefficient (Wildman–Crippen LogP) is 1.41. The van der Waals surface area contributed by atoms with E-state index in [0.717, 1.165) is 30.7 Å². The molecule has 2 amide bonds. The molecule has 3 rings (SSSR count). The van der Waals surface area contributed by atoms with Crippen LogP contribution in [-0.2, 0) is 20.9 Å². The summed E-state index contributed by atoms with van der Waals surface area (Å²) in [6, 6.07) is 7.70. The Morgan fingerprint density at radius 1 is 1.29 bits per heavy atom. The maximum Gasteiger partial charge on any atom is 0.237 e. The van der Waals surface area contributed by atoms with Crippen molar-refractivity contribution in [2.24, 2.45) is 0 Å². The van der Waals surface area contributed by atoms with Gasteiger partial charge in [-0.2, -0.15) is 0 Å². The zero-order chi connectivity index (χ0) is 19.9. The molecule has 1 aromatic rings. The molecule has 0 spiro atoms. The number of hydrogen-bond acceptors (Lipinski definition) is 5. The van der Waals surface area contributed by atoms with Crippen molar-refractivity contribution in [3.05, 3.63) is 29.8 Å². The minimum atomic E-state index is -0.435. The van der Waals surface area contributed by atoms with Crippen LogP contribution in [0.4, 0.5) is 0 Å². The number of nitrogens with one attached hydrogen (secondary N) is 1. The molecule has 154 valence electrons. The van der Waals surface area contributed by atoms with Crippen LogP contribution < -0.4 is 10.1 Å². The third-order valence-electron chi connectivity index (χ3n) is 5.56. The summed E-state index contributed by atoms with van der Waals surface area (Å²) in [5.41, 5.74) is 1.10. The number of hydrogen-bond donors (Lipinski definition) is 1. The van der Waals surface area contributed by atoms with Crippen molar-refractivity contribution in [2.45, 2.75) is 44.8 Å². The average Bonchev–Trinajstić information content (AvgIpc) is 2.72. The highest BCUT2D eigenvalue weighted by molar-refractivity contribution is 5.88. The van der Waals surface area contributed by atoms with Crippen LogP contribution in [0.3, 0.4) is 0 Å². The van der Waals surface area contributed by atoms with Gasteiger partial charge in [-0.3, -0.25) is 14.5 Å². The first-order valence-corrected chi connectivity index (χ1v) is 10.2. The second-order valence-electron chi connectivity index (χ2n) is 7.41. The van der Waals surface area contributed by atoms with E-state index in [1.807, 2.05) is 38.2 Å². The first kappa shape index (κ1) is 20.6. The highest BCUT2D eigenvalue weighted by Crippen LogP contribution is 2.19. The zero-order valence-electron chi connectivity index (χ0n) is 16.9. The zero-order valence-corrected chi connectivity index (χ0v) is 16.9. The van der Waals surface area contributed by atoms with Crippen LogP contribution in [0.25, 0.3) is 0 Å². The quantitative estimate of drug-likeness (QED) is 0.764. The summed E-state index contributed by atoms with van der Waals surface area (Å²) < 4.78 is 10.9. The topological polar surface area (TPSA) is 71.1 Å².